The predicted molar refractivity (Wildman–Crippen MR) is 81.9 cm³/mol. The fourth-order valence-corrected chi connectivity index (χ4v) is 2.90. The van der Waals surface area contributed by atoms with Gasteiger partial charge in [0, 0.05) is 15.2 Å². The summed E-state index contributed by atoms with van der Waals surface area (Å²) in [6, 6.07) is 2.34. The van der Waals surface area contributed by atoms with Crippen molar-refractivity contribution in [2.75, 3.05) is 6.61 Å². The van der Waals surface area contributed by atoms with E-state index in [0.717, 1.165) is 6.07 Å². The third-order valence-corrected chi connectivity index (χ3v) is 5.03. The molecule has 0 bridgehead atoms. The minimum absolute atomic E-state index is 0.0379. The van der Waals surface area contributed by atoms with Gasteiger partial charge < -0.3 is 4.74 Å². The number of carbonyl (C=O) groups is 1. The molecule has 20 heavy (non-hydrogen) atoms. The van der Waals surface area contributed by atoms with Crippen LogP contribution in [-0.2, 0) is 13.8 Å². The minimum atomic E-state index is -3.96. The van der Waals surface area contributed by atoms with Gasteiger partial charge in [-0.05, 0) is 40.4 Å². The smallest absolute Gasteiger partial charge is 0.339 e. The maximum absolute atomic E-state index is 11.9. The Morgan fingerprint density at radius 3 is 2.50 bits per heavy atom. The first-order valence-electron chi connectivity index (χ1n) is 5.73. The number of ether oxygens (including phenoxy) is 1. The van der Waals surface area contributed by atoms with Crippen molar-refractivity contribution in [2.45, 2.75) is 25.2 Å². The number of halogens is 3. The van der Waals surface area contributed by atoms with Crippen LogP contribution in [0.2, 0.25) is 5.02 Å². The highest BCUT2D eigenvalue weighted by atomic mass is 79.9. The lowest BCUT2D eigenvalue weighted by Gasteiger charge is -2.10. The molecule has 112 valence electrons. The Kier molecular flexibility index (Phi) is 6.31. The zero-order chi connectivity index (χ0) is 15.5. The summed E-state index contributed by atoms with van der Waals surface area (Å²) < 4.78 is 28.0. The quantitative estimate of drug-likeness (QED) is 0.545. The molecular formula is C12H13BrCl2O4S. The largest absolute Gasteiger partial charge is 0.462 e. The lowest BCUT2D eigenvalue weighted by atomic mass is 10.1. The molecule has 0 amide bonds. The van der Waals surface area contributed by atoms with Crippen LogP contribution in [0.3, 0.4) is 0 Å². The molecule has 0 N–H and O–H groups in total. The summed E-state index contributed by atoms with van der Waals surface area (Å²) >= 11 is 9.05. The van der Waals surface area contributed by atoms with Gasteiger partial charge in [-0.2, -0.15) is 0 Å². The normalized spacial score (nSPS) is 11.7. The highest BCUT2D eigenvalue weighted by Gasteiger charge is 2.20. The summed E-state index contributed by atoms with van der Waals surface area (Å²) in [7, 11) is 1.31. The molecule has 0 aliphatic carbocycles. The number of rotatable bonds is 5. The lowest BCUT2D eigenvalue weighted by molar-refractivity contribution is 0.0488. The monoisotopic (exact) mass is 402 g/mol. The lowest BCUT2D eigenvalue weighted by Crippen LogP contribution is -2.10. The highest BCUT2D eigenvalue weighted by Crippen LogP contribution is 2.31. The number of hydrogen-bond donors (Lipinski definition) is 0. The molecule has 0 atom stereocenters. The number of hydrogen-bond acceptors (Lipinski definition) is 4. The topological polar surface area (TPSA) is 60.4 Å². The van der Waals surface area contributed by atoms with Gasteiger partial charge in [0.1, 0.15) is 0 Å². The van der Waals surface area contributed by atoms with Crippen LogP contribution >= 0.6 is 38.2 Å². The summed E-state index contributed by atoms with van der Waals surface area (Å²) in [5.41, 5.74) is -0.0379. The molecule has 0 aliphatic rings. The van der Waals surface area contributed by atoms with Crippen molar-refractivity contribution in [2.24, 2.45) is 5.92 Å². The molecular weight excluding hydrogens is 391 g/mol. The molecule has 1 aromatic rings. The van der Waals surface area contributed by atoms with Gasteiger partial charge in [0.15, 0.2) is 0 Å². The van der Waals surface area contributed by atoms with Crippen LogP contribution in [0.4, 0.5) is 0 Å². The average molecular weight is 404 g/mol. The first kappa shape index (κ1) is 17.8. The van der Waals surface area contributed by atoms with Crippen molar-refractivity contribution in [3.05, 3.63) is 27.2 Å². The molecule has 0 saturated carbocycles. The van der Waals surface area contributed by atoms with Crippen molar-refractivity contribution in [3.63, 3.8) is 0 Å². The van der Waals surface area contributed by atoms with E-state index in [1.54, 1.807) is 0 Å². The molecule has 8 heteroatoms. The van der Waals surface area contributed by atoms with Gasteiger partial charge in [-0.15, -0.1) is 0 Å². The first-order valence-corrected chi connectivity index (χ1v) is 9.21. The summed E-state index contributed by atoms with van der Waals surface area (Å²) in [6.07, 6.45) is 0.706. The molecule has 0 fully saturated rings. The zero-order valence-electron chi connectivity index (χ0n) is 10.8. The number of benzene rings is 1. The van der Waals surface area contributed by atoms with Crippen molar-refractivity contribution < 1.29 is 17.9 Å². The Balaban J connectivity index is 3.05. The molecule has 0 unspecified atom stereocenters. The Morgan fingerprint density at radius 2 is 2.00 bits per heavy atom. The second-order valence-corrected chi connectivity index (χ2v) is 8.32. The Morgan fingerprint density at radius 1 is 1.40 bits per heavy atom. The van der Waals surface area contributed by atoms with Crippen molar-refractivity contribution >= 4 is 53.2 Å². The molecule has 0 spiro atoms. The molecule has 4 nitrogen and oxygen atoms in total. The van der Waals surface area contributed by atoms with Crippen molar-refractivity contribution in [1.82, 2.24) is 0 Å². The van der Waals surface area contributed by atoms with Crippen LogP contribution in [0, 0.1) is 5.92 Å². The fourth-order valence-electron chi connectivity index (χ4n) is 1.32. The van der Waals surface area contributed by atoms with Crippen LogP contribution in [0.25, 0.3) is 0 Å². The second-order valence-electron chi connectivity index (χ2n) is 4.52. The van der Waals surface area contributed by atoms with Gasteiger partial charge >= 0.3 is 5.97 Å². The first-order chi connectivity index (χ1) is 9.12. The Bertz CT molecular complexity index is 614. The minimum Gasteiger partial charge on any atom is -0.462 e. The Labute approximate surface area is 135 Å². The highest BCUT2D eigenvalue weighted by molar-refractivity contribution is 9.10. The van der Waals surface area contributed by atoms with E-state index in [4.69, 9.17) is 27.0 Å². The van der Waals surface area contributed by atoms with Gasteiger partial charge in [-0.1, -0.05) is 25.4 Å². The van der Waals surface area contributed by atoms with E-state index in [0.29, 0.717) is 12.3 Å². The van der Waals surface area contributed by atoms with Crippen molar-refractivity contribution in [3.8, 4) is 0 Å². The fraction of sp³-hybridized carbons (Fsp3) is 0.417. The molecule has 0 heterocycles. The summed E-state index contributed by atoms with van der Waals surface area (Å²) in [4.78, 5) is 11.7. The van der Waals surface area contributed by atoms with Gasteiger partial charge in [0.05, 0.1) is 22.1 Å². The average Bonchev–Trinajstić information content (AvgIpc) is 2.30. The van der Waals surface area contributed by atoms with E-state index >= 15 is 0 Å². The Hall–Kier alpha value is -0.300. The third-order valence-electron chi connectivity index (χ3n) is 2.43. The standard InChI is InChI=1S/C12H13BrCl2O4S/c1-7(2)3-4-19-12(16)9-5-8(20(15,17)18)6-10(13)11(9)14/h5-7H,3-4H2,1-2H3. The molecule has 0 aliphatic heterocycles. The van der Waals surface area contributed by atoms with Crippen LogP contribution in [0.15, 0.2) is 21.5 Å². The van der Waals surface area contributed by atoms with Crippen LogP contribution in [-0.4, -0.2) is 21.0 Å². The maximum atomic E-state index is 11.9. The van der Waals surface area contributed by atoms with E-state index in [1.807, 2.05) is 13.8 Å². The molecule has 0 saturated heterocycles. The van der Waals surface area contributed by atoms with Gasteiger partial charge in [-0.3, -0.25) is 0 Å². The number of carbonyl (C=O) groups excluding carboxylic acids is 1. The maximum Gasteiger partial charge on any atom is 0.339 e. The SMILES string of the molecule is CC(C)CCOC(=O)c1cc(S(=O)(=O)Cl)cc(Br)c1Cl. The molecule has 1 aromatic carbocycles. The van der Waals surface area contributed by atoms with Crippen molar-refractivity contribution in [1.29, 1.82) is 0 Å². The van der Waals surface area contributed by atoms with Gasteiger partial charge in [-0.25, -0.2) is 13.2 Å². The zero-order valence-corrected chi connectivity index (χ0v) is 14.7. The van der Waals surface area contributed by atoms with E-state index in [9.17, 15) is 13.2 Å². The summed E-state index contributed by atoms with van der Waals surface area (Å²) in [5.74, 6) is -0.293. The molecule has 0 aromatic heterocycles. The van der Waals surface area contributed by atoms with Gasteiger partial charge in [0.25, 0.3) is 9.05 Å². The van der Waals surface area contributed by atoms with E-state index in [1.165, 1.54) is 6.07 Å². The predicted octanol–water partition coefficient (Wildman–Crippen LogP) is 4.23. The second kappa shape index (κ2) is 7.11. The summed E-state index contributed by atoms with van der Waals surface area (Å²) in [6.45, 7) is 4.23. The molecule has 1 rings (SSSR count). The molecule has 0 radical (unpaired) electrons. The number of esters is 1. The van der Waals surface area contributed by atoms with Crippen LogP contribution in [0.1, 0.15) is 30.6 Å². The van der Waals surface area contributed by atoms with E-state index < -0.39 is 15.0 Å². The van der Waals surface area contributed by atoms with E-state index in [-0.39, 0.29) is 26.6 Å². The van der Waals surface area contributed by atoms with Crippen LogP contribution < -0.4 is 0 Å². The summed E-state index contributed by atoms with van der Waals surface area (Å²) in [5, 5.41) is 0.0867. The van der Waals surface area contributed by atoms with Crippen LogP contribution in [0.5, 0.6) is 0 Å². The van der Waals surface area contributed by atoms with Gasteiger partial charge in [0.2, 0.25) is 0 Å². The van der Waals surface area contributed by atoms with E-state index in [2.05, 4.69) is 15.9 Å². The third kappa shape index (κ3) is 4.91.